The third-order valence-corrected chi connectivity index (χ3v) is 4.67. The normalized spacial score (nSPS) is 15.5. The van der Waals surface area contributed by atoms with Crippen LogP contribution in [0.4, 0.5) is 5.69 Å². The molecule has 1 aromatic heterocycles. The molecule has 0 N–H and O–H groups in total. The highest BCUT2D eigenvalue weighted by atomic mass is 32.2. The summed E-state index contributed by atoms with van der Waals surface area (Å²) < 4.78 is 1.84. The minimum Gasteiger partial charge on any atom is -0.312 e. The molecular formula is C15H19N5OS. The molecule has 1 unspecified atom stereocenters. The van der Waals surface area contributed by atoms with E-state index in [4.69, 9.17) is 0 Å². The predicted molar refractivity (Wildman–Crippen MR) is 85.9 cm³/mol. The van der Waals surface area contributed by atoms with Gasteiger partial charge in [-0.25, -0.2) is 4.68 Å². The molecule has 6 nitrogen and oxygen atoms in total. The first kappa shape index (κ1) is 15.0. The Kier molecular flexibility index (Phi) is 4.42. The second-order valence-electron chi connectivity index (χ2n) is 5.32. The monoisotopic (exact) mass is 317 g/mol. The van der Waals surface area contributed by atoms with Crippen LogP contribution in [0, 0.1) is 0 Å². The zero-order chi connectivity index (χ0) is 15.5. The standard InChI is InChI=1S/C15H19N5OS/c1-3-19(12-7-5-4-6-8-12)14(21)11(2)22-15-16-17-18-20(15)13-9-10-13/h4-8,11,13H,3,9-10H2,1-2H3. The van der Waals surface area contributed by atoms with E-state index in [-0.39, 0.29) is 11.2 Å². The number of aromatic nitrogens is 4. The second kappa shape index (κ2) is 6.48. The molecule has 116 valence electrons. The molecule has 1 heterocycles. The summed E-state index contributed by atoms with van der Waals surface area (Å²) in [4.78, 5) is 14.5. The number of hydrogen-bond acceptors (Lipinski definition) is 5. The quantitative estimate of drug-likeness (QED) is 0.766. The fourth-order valence-electron chi connectivity index (χ4n) is 2.31. The highest BCUT2D eigenvalue weighted by Gasteiger charge is 2.30. The van der Waals surface area contributed by atoms with E-state index in [1.807, 2.05) is 48.9 Å². The fourth-order valence-corrected chi connectivity index (χ4v) is 3.23. The Labute approximate surface area is 133 Å². The van der Waals surface area contributed by atoms with Crippen molar-refractivity contribution in [1.29, 1.82) is 0 Å². The highest BCUT2D eigenvalue weighted by Crippen LogP contribution is 2.37. The number of rotatable bonds is 6. The lowest BCUT2D eigenvalue weighted by Crippen LogP contribution is -2.36. The number of tetrazole rings is 1. The molecule has 0 bridgehead atoms. The Balaban J connectivity index is 1.71. The first-order valence-electron chi connectivity index (χ1n) is 7.51. The van der Waals surface area contributed by atoms with Gasteiger partial charge in [0.05, 0.1) is 11.3 Å². The molecule has 0 radical (unpaired) electrons. The topological polar surface area (TPSA) is 63.9 Å². The predicted octanol–water partition coefficient (Wildman–Crippen LogP) is 2.54. The van der Waals surface area contributed by atoms with E-state index in [2.05, 4.69) is 15.5 Å². The molecule has 1 fully saturated rings. The number of carbonyl (C=O) groups excluding carboxylic acids is 1. The van der Waals surface area contributed by atoms with Crippen LogP contribution in [0.1, 0.15) is 32.7 Å². The number of para-hydroxylation sites is 1. The van der Waals surface area contributed by atoms with E-state index in [1.165, 1.54) is 11.8 Å². The van der Waals surface area contributed by atoms with Gasteiger partial charge >= 0.3 is 0 Å². The third kappa shape index (κ3) is 3.14. The summed E-state index contributed by atoms with van der Waals surface area (Å²) in [6.45, 7) is 4.53. The van der Waals surface area contributed by atoms with E-state index in [0.29, 0.717) is 12.6 Å². The van der Waals surface area contributed by atoms with E-state index < -0.39 is 0 Å². The van der Waals surface area contributed by atoms with E-state index in [0.717, 1.165) is 23.7 Å². The Morgan fingerprint density at radius 3 is 2.77 bits per heavy atom. The first-order chi connectivity index (χ1) is 10.7. The smallest absolute Gasteiger partial charge is 0.240 e. The zero-order valence-electron chi connectivity index (χ0n) is 12.7. The number of anilines is 1. The van der Waals surface area contributed by atoms with Crippen LogP contribution in [0.3, 0.4) is 0 Å². The Morgan fingerprint density at radius 1 is 1.41 bits per heavy atom. The van der Waals surface area contributed by atoms with Crippen molar-refractivity contribution in [3.05, 3.63) is 30.3 Å². The van der Waals surface area contributed by atoms with Gasteiger partial charge in [0.25, 0.3) is 0 Å². The summed E-state index contributed by atoms with van der Waals surface area (Å²) in [6, 6.07) is 10.1. The maximum Gasteiger partial charge on any atom is 0.240 e. The maximum atomic E-state index is 12.7. The lowest BCUT2D eigenvalue weighted by molar-refractivity contribution is -0.117. The Hall–Kier alpha value is -1.89. The van der Waals surface area contributed by atoms with E-state index in [1.54, 1.807) is 4.90 Å². The van der Waals surface area contributed by atoms with Gasteiger partial charge in [0.2, 0.25) is 11.1 Å². The van der Waals surface area contributed by atoms with Crippen LogP contribution in [0.5, 0.6) is 0 Å². The highest BCUT2D eigenvalue weighted by molar-refractivity contribution is 8.00. The van der Waals surface area contributed by atoms with Gasteiger partial charge in [-0.1, -0.05) is 30.0 Å². The SMILES string of the molecule is CCN(C(=O)C(C)Sc1nnnn1C1CC1)c1ccccc1. The van der Waals surface area contributed by atoms with Crippen LogP contribution in [0.25, 0.3) is 0 Å². The van der Waals surface area contributed by atoms with Gasteiger partial charge in [-0.15, -0.1) is 5.10 Å². The number of amides is 1. The minimum atomic E-state index is -0.233. The van der Waals surface area contributed by atoms with Crippen molar-refractivity contribution in [3.8, 4) is 0 Å². The Bertz CT molecular complexity index is 640. The van der Waals surface area contributed by atoms with Crippen LogP contribution in [-0.2, 0) is 4.79 Å². The molecule has 1 aromatic carbocycles. The van der Waals surface area contributed by atoms with Crippen LogP contribution in [0.2, 0.25) is 0 Å². The van der Waals surface area contributed by atoms with Crippen LogP contribution >= 0.6 is 11.8 Å². The van der Waals surface area contributed by atoms with Crippen LogP contribution < -0.4 is 4.90 Å². The number of nitrogens with zero attached hydrogens (tertiary/aromatic N) is 5. The average molecular weight is 317 g/mol. The molecule has 0 saturated heterocycles. The van der Waals surface area contributed by atoms with E-state index in [9.17, 15) is 4.79 Å². The minimum absolute atomic E-state index is 0.0732. The van der Waals surface area contributed by atoms with Crippen molar-refractivity contribution in [2.24, 2.45) is 0 Å². The zero-order valence-corrected chi connectivity index (χ0v) is 13.5. The molecule has 3 rings (SSSR count). The van der Waals surface area contributed by atoms with Crippen molar-refractivity contribution < 1.29 is 4.79 Å². The van der Waals surface area contributed by atoms with Crippen molar-refractivity contribution in [2.75, 3.05) is 11.4 Å². The van der Waals surface area contributed by atoms with Crippen LogP contribution in [0.15, 0.2) is 35.5 Å². The molecule has 2 aromatic rings. The van der Waals surface area contributed by atoms with Gasteiger partial charge in [-0.05, 0) is 49.2 Å². The molecular weight excluding hydrogens is 298 g/mol. The van der Waals surface area contributed by atoms with Crippen molar-refractivity contribution >= 4 is 23.4 Å². The van der Waals surface area contributed by atoms with Gasteiger partial charge in [0.15, 0.2) is 0 Å². The summed E-state index contributed by atoms with van der Waals surface area (Å²) in [5.41, 5.74) is 0.921. The molecule has 0 spiro atoms. The fraction of sp³-hybridized carbons (Fsp3) is 0.467. The Morgan fingerprint density at radius 2 is 2.14 bits per heavy atom. The number of benzene rings is 1. The number of carbonyl (C=O) groups is 1. The van der Waals surface area contributed by atoms with E-state index >= 15 is 0 Å². The largest absolute Gasteiger partial charge is 0.312 e. The number of thioether (sulfide) groups is 1. The van der Waals surface area contributed by atoms with Crippen molar-refractivity contribution in [2.45, 2.75) is 43.1 Å². The molecule has 22 heavy (non-hydrogen) atoms. The summed E-state index contributed by atoms with van der Waals surface area (Å²) in [7, 11) is 0. The molecule has 1 amide bonds. The maximum absolute atomic E-state index is 12.7. The third-order valence-electron chi connectivity index (χ3n) is 3.64. The summed E-state index contributed by atoms with van der Waals surface area (Å²) in [5.74, 6) is 0.0732. The summed E-state index contributed by atoms with van der Waals surface area (Å²) in [6.07, 6.45) is 2.23. The molecule has 1 saturated carbocycles. The van der Waals surface area contributed by atoms with Gasteiger partial charge in [0, 0.05) is 12.2 Å². The molecule has 1 aliphatic rings. The average Bonchev–Trinajstić information content (AvgIpc) is 3.29. The summed E-state index contributed by atoms with van der Waals surface area (Å²) >= 11 is 1.43. The van der Waals surface area contributed by atoms with Crippen LogP contribution in [-0.4, -0.2) is 37.9 Å². The number of hydrogen-bond donors (Lipinski definition) is 0. The lowest BCUT2D eigenvalue weighted by atomic mass is 10.2. The van der Waals surface area contributed by atoms with Crippen molar-refractivity contribution in [1.82, 2.24) is 20.2 Å². The molecule has 1 atom stereocenters. The molecule has 1 aliphatic carbocycles. The van der Waals surface area contributed by atoms with Gasteiger partial charge < -0.3 is 4.90 Å². The van der Waals surface area contributed by atoms with Crippen molar-refractivity contribution in [3.63, 3.8) is 0 Å². The first-order valence-corrected chi connectivity index (χ1v) is 8.39. The molecule has 7 heteroatoms. The van der Waals surface area contributed by atoms with Gasteiger partial charge in [0.1, 0.15) is 0 Å². The second-order valence-corrected chi connectivity index (χ2v) is 6.62. The summed E-state index contributed by atoms with van der Waals surface area (Å²) in [5, 5.41) is 12.3. The lowest BCUT2D eigenvalue weighted by Gasteiger charge is -2.24. The van der Waals surface area contributed by atoms with Gasteiger partial charge in [-0.2, -0.15) is 0 Å². The molecule has 0 aliphatic heterocycles. The van der Waals surface area contributed by atoms with Gasteiger partial charge in [-0.3, -0.25) is 4.79 Å².